The Morgan fingerprint density at radius 1 is 0.569 bits per heavy atom. The first-order valence-corrected chi connectivity index (χ1v) is 17.7. The first-order valence-electron chi connectivity index (χ1n) is 17.7. The average Bonchev–Trinajstić information content (AvgIpc) is 3.16. The molecular formula is C36H49N7O15. The molecule has 0 aromatic heterocycles. The van der Waals surface area contributed by atoms with Crippen LogP contribution in [0.25, 0.3) is 0 Å². The SMILES string of the molecule is C[C@@H](O)[C@H](NC(=O)[C@H](Cc1ccc(O)cc1)NC(=O)CN)C(=O)N[C@H](C(=O)N[C@@H](CCC(=O)O)C(=O)N[C@@H](Cc1ccc(O)cc1)C(=O)N[C@@H](CO)C(=O)O)[C@@H](C)O. The van der Waals surface area contributed by atoms with E-state index in [0.29, 0.717) is 11.1 Å². The normalized spacial score (nSPS) is 15.1. The van der Waals surface area contributed by atoms with Crippen molar-refractivity contribution in [3.05, 3.63) is 59.7 Å². The Kier molecular flexibility index (Phi) is 19.0. The lowest BCUT2D eigenvalue weighted by Crippen LogP contribution is -2.63. The smallest absolute Gasteiger partial charge is 0.328 e. The lowest BCUT2D eigenvalue weighted by molar-refractivity contribution is -0.143. The van der Waals surface area contributed by atoms with Gasteiger partial charge in [-0.2, -0.15) is 0 Å². The van der Waals surface area contributed by atoms with E-state index in [9.17, 15) is 74.1 Å². The number of carboxylic acids is 2. The van der Waals surface area contributed by atoms with Crippen molar-refractivity contribution in [3.8, 4) is 11.5 Å². The van der Waals surface area contributed by atoms with Gasteiger partial charge in [-0.1, -0.05) is 24.3 Å². The molecular weight excluding hydrogens is 770 g/mol. The van der Waals surface area contributed by atoms with Gasteiger partial charge >= 0.3 is 11.9 Å². The number of nitrogens with two attached hydrogens (primary N) is 1. The maximum Gasteiger partial charge on any atom is 0.328 e. The van der Waals surface area contributed by atoms with Crippen molar-refractivity contribution < 1.29 is 74.1 Å². The second-order valence-corrected chi connectivity index (χ2v) is 13.2. The predicted octanol–water partition coefficient (Wildman–Crippen LogP) is -4.55. The van der Waals surface area contributed by atoms with E-state index in [0.717, 1.165) is 13.8 Å². The molecule has 0 aliphatic heterocycles. The zero-order valence-electron chi connectivity index (χ0n) is 31.5. The Morgan fingerprint density at radius 2 is 0.948 bits per heavy atom. The highest BCUT2D eigenvalue weighted by Gasteiger charge is 2.36. The Hall–Kier alpha value is -6.36. The van der Waals surface area contributed by atoms with Gasteiger partial charge in [0.1, 0.15) is 47.8 Å². The number of rotatable bonds is 23. The van der Waals surface area contributed by atoms with E-state index < -0.39 is 122 Å². The first-order chi connectivity index (χ1) is 27.2. The van der Waals surface area contributed by atoms with Crippen LogP contribution in [0.1, 0.15) is 37.8 Å². The van der Waals surface area contributed by atoms with E-state index >= 15 is 0 Å². The van der Waals surface area contributed by atoms with Gasteiger partial charge in [-0.05, 0) is 55.7 Å². The molecule has 2 aromatic rings. The molecule has 0 saturated carbocycles. The van der Waals surface area contributed by atoms with Crippen molar-refractivity contribution in [2.24, 2.45) is 5.73 Å². The summed E-state index contributed by atoms with van der Waals surface area (Å²) in [6.07, 6.45) is -5.14. The number of phenols is 2. The van der Waals surface area contributed by atoms with Gasteiger partial charge in [0.2, 0.25) is 35.4 Å². The molecule has 0 aliphatic carbocycles. The molecule has 0 spiro atoms. The molecule has 0 bridgehead atoms. The molecule has 6 amide bonds. The molecule has 0 saturated heterocycles. The zero-order valence-corrected chi connectivity index (χ0v) is 31.5. The van der Waals surface area contributed by atoms with Gasteiger partial charge in [-0.25, -0.2) is 4.79 Å². The Bertz CT molecular complexity index is 1760. The minimum absolute atomic E-state index is 0.0701. The zero-order chi connectivity index (χ0) is 43.7. The van der Waals surface area contributed by atoms with Crippen LogP contribution in [0.5, 0.6) is 11.5 Å². The van der Waals surface area contributed by atoms with Crippen molar-refractivity contribution in [3.63, 3.8) is 0 Å². The van der Waals surface area contributed by atoms with Crippen molar-refractivity contribution in [1.29, 1.82) is 0 Å². The highest BCUT2D eigenvalue weighted by atomic mass is 16.4. The molecule has 0 aliphatic rings. The van der Waals surface area contributed by atoms with Gasteiger partial charge in [-0.3, -0.25) is 33.6 Å². The van der Waals surface area contributed by atoms with Gasteiger partial charge < -0.3 is 73.4 Å². The van der Waals surface area contributed by atoms with Crippen LogP contribution < -0.4 is 37.6 Å². The number of carbonyl (C=O) groups excluding carboxylic acids is 6. The molecule has 58 heavy (non-hydrogen) atoms. The summed E-state index contributed by atoms with van der Waals surface area (Å²) in [5.74, 6) is -9.66. The van der Waals surface area contributed by atoms with Gasteiger partial charge in [0.05, 0.1) is 25.4 Å². The number of aliphatic hydroxyl groups excluding tert-OH is 3. The van der Waals surface area contributed by atoms with Crippen molar-refractivity contribution in [2.45, 2.75) is 88.0 Å². The third-order valence-corrected chi connectivity index (χ3v) is 8.42. The molecule has 0 radical (unpaired) electrons. The Labute approximate surface area is 331 Å². The lowest BCUT2D eigenvalue weighted by atomic mass is 10.0. The second-order valence-electron chi connectivity index (χ2n) is 13.2. The molecule has 2 aromatic carbocycles. The summed E-state index contributed by atoms with van der Waals surface area (Å²) in [5.41, 5.74) is 6.21. The second kappa shape index (κ2) is 23.0. The number of carboxylic acid groups (broad SMARTS) is 2. The minimum atomic E-state index is -1.91. The molecule has 22 nitrogen and oxygen atoms in total. The van der Waals surface area contributed by atoms with E-state index in [-0.39, 0.29) is 24.3 Å². The lowest BCUT2D eigenvalue weighted by Gasteiger charge is -2.29. The molecule has 0 unspecified atom stereocenters. The Morgan fingerprint density at radius 3 is 1.36 bits per heavy atom. The van der Waals surface area contributed by atoms with E-state index in [1.165, 1.54) is 48.5 Å². The number of benzene rings is 2. The number of aliphatic hydroxyl groups is 3. The third kappa shape index (κ3) is 15.6. The predicted molar refractivity (Wildman–Crippen MR) is 199 cm³/mol. The molecule has 8 atom stereocenters. The largest absolute Gasteiger partial charge is 0.508 e. The fraction of sp³-hybridized carbons (Fsp3) is 0.444. The topological polar surface area (TPSA) is 376 Å². The standard InChI is InChI=1S/C36H49N7O15/c1-17(45)29(43-35(56)30(18(2)46)42-33(54)24(38-27(49)15-37)13-19-3-7-21(47)8-4-19)34(55)39-23(11-12-28(50)51)31(52)40-25(14-20-5-9-22(48)10-6-20)32(53)41-26(16-44)36(57)58/h3-10,17-18,23-26,29-30,44-48H,11-16,37H2,1-2H3,(H,38,49)(H,39,55)(H,40,52)(H,41,53)(H,42,54)(H,43,56)(H,50,51)(H,57,58)/t17-,18-,23+,24+,25+,26+,29+,30+/m1/s1. The maximum absolute atomic E-state index is 13.6. The van der Waals surface area contributed by atoms with E-state index in [1.807, 2.05) is 0 Å². The van der Waals surface area contributed by atoms with Crippen molar-refractivity contribution in [1.82, 2.24) is 31.9 Å². The summed E-state index contributed by atoms with van der Waals surface area (Å²) in [6.45, 7) is 0.666. The number of nitrogens with one attached hydrogen (secondary N) is 6. The van der Waals surface area contributed by atoms with Crippen LogP contribution in [0.3, 0.4) is 0 Å². The minimum Gasteiger partial charge on any atom is -0.508 e. The van der Waals surface area contributed by atoms with E-state index in [4.69, 9.17) is 5.73 Å². The molecule has 318 valence electrons. The highest BCUT2D eigenvalue weighted by molar-refractivity contribution is 5.97. The van der Waals surface area contributed by atoms with Crippen LogP contribution in [0.4, 0.5) is 0 Å². The summed E-state index contributed by atoms with van der Waals surface area (Å²) in [4.78, 5) is 102. The third-order valence-electron chi connectivity index (χ3n) is 8.42. The maximum atomic E-state index is 13.6. The van der Waals surface area contributed by atoms with Gasteiger partial charge in [-0.15, -0.1) is 0 Å². The quantitative estimate of drug-likeness (QED) is 0.0502. The molecule has 2 rings (SSSR count). The number of aromatic hydroxyl groups is 2. The number of hydrogen-bond donors (Lipinski definition) is 14. The van der Waals surface area contributed by atoms with Crippen LogP contribution in [-0.2, 0) is 51.2 Å². The van der Waals surface area contributed by atoms with Crippen LogP contribution >= 0.6 is 0 Å². The van der Waals surface area contributed by atoms with Crippen LogP contribution in [0.15, 0.2) is 48.5 Å². The number of amides is 6. The number of hydrogen-bond acceptors (Lipinski definition) is 14. The van der Waals surface area contributed by atoms with Gasteiger partial charge in [0, 0.05) is 19.3 Å². The van der Waals surface area contributed by atoms with Crippen molar-refractivity contribution >= 4 is 47.4 Å². The van der Waals surface area contributed by atoms with Crippen molar-refractivity contribution in [2.75, 3.05) is 13.2 Å². The number of phenolic OH excluding ortho intramolecular Hbond substituents is 2. The summed E-state index contributed by atoms with van der Waals surface area (Å²) in [5, 5.41) is 81.7. The highest BCUT2D eigenvalue weighted by Crippen LogP contribution is 2.14. The molecule has 15 N–H and O–H groups in total. The molecule has 22 heteroatoms. The Balaban J connectivity index is 2.33. The summed E-state index contributed by atoms with van der Waals surface area (Å²) < 4.78 is 0. The summed E-state index contributed by atoms with van der Waals surface area (Å²) >= 11 is 0. The van der Waals surface area contributed by atoms with Crippen LogP contribution in [-0.4, -0.2) is 145 Å². The van der Waals surface area contributed by atoms with Gasteiger partial charge in [0.25, 0.3) is 0 Å². The van der Waals surface area contributed by atoms with Gasteiger partial charge in [0.15, 0.2) is 0 Å². The summed E-state index contributed by atoms with van der Waals surface area (Å²) in [6, 6.07) is 0.708. The fourth-order valence-electron chi connectivity index (χ4n) is 5.24. The van der Waals surface area contributed by atoms with E-state index in [1.54, 1.807) is 0 Å². The number of aliphatic carboxylic acids is 2. The fourth-order valence-corrected chi connectivity index (χ4v) is 5.24. The number of carbonyl (C=O) groups is 8. The average molecular weight is 820 g/mol. The molecule has 0 fully saturated rings. The van der Waals surface area contributed by atoms with Crippen LogP contribution in [0, 0.1) is 0 Å². The summed E-state index contributed by atoms with van der Waals surface area (Å²) in [7, 11) is 0. The van der Waals surface area contributed by atoms with E-state index in [2.05, 4.69) is 31.9 Å². The first kappa shape index (κ1) is 47.8. The molecule has 0 heterocycles. The monoisotopic (exact) mass is 819 g/mol. The van der Waals surface area contributed by atoms with Crippen LogP contribution in [0.2, 0.25) is 0 Å².